The summed E-state index contributed by atoms with van der Waals surface area (Å²) in [6, 6.07) is 43.3. The molecule has 0 bridgehead atoms. The highest BCUT2D eigenvalue weighted by molar-refractivity contribution is 6.15. The second kappa shape index (κ2) is 8.80. The van der Waals surface area contributed by atoms with Gasteiger partial charge in [-0.2, -0.15) is 0 Å². The molecule has 0 amide bonds. The molecule has 0 saturated carbocycles. The van der Waals surface area contributed by atoms with E-state index in [1.165, 1.54) is 33.1 Å². The van der Waals surface area contributed by atoms with E-state index in [0.717, 1.165) is 67.4 Å². The summed E-state index contributed by atoms with van der Waals surface area (Å²) in [6.07, 6.45) is 7.79. The SMILES string of the molecule is C1=CCC2C(=C1)n1c3ccccc3c3cc(N(c4ccc5c(c4)oc4ccccc45)c4ccc5c(c4)oc4ccccc45)cc2c31. The molecule has 11 rings (SSSR count). The van der Waals surface area contributed by atoms with Crippen molar-refractivity contribution in [3.05, 3.63) is 145 Å². The first-order valence-corrected chi connectivity index (χ1v) is 15.9. The van der Waals surface area contributed by atoms with Gasteiger partial charge in [0.1, 0.15) is 22.3 Å². The van der Waals surface area contributed by atoms with Crippen LogP contribution in [0.5, 0.6) is 0 Å². The Balaban J connectivity index is 1.20. The Morgan fingerprint density at radius 2 is 1.15 bits per heavy atom. The topological polar surface area (TPSA) is 34.5 Å². The third-order valence-electron chi connectivity index (χ3n) is 10.0. The van der Waals surface area contributed by atoms with Crippen LogP contribution in [0.1, 0.15) is 17.9 Å². The average Bonchev–Trinajstić information content (AvgIpc) is 3.84. The van der Waals surface area contributed by atoms with Crippen molar-refractivity contribution in [1.82, 2.24) is 4.57 Å². The van der Waals surface area contributed by atoms with E-state index in [1.807, 2.05) is 24.3 Å². The van der Waals surface area contributed by atoms with E-state index in [-0.39, 0.29) is 0 Å². The zero-order valence-corrected chi connectivity index (χ0v) is 24.8. The third-order valence-corrected chi connectivity index (χ3v) is 10.0. The van der Waals surface area contributed by atoms with Crippen LogP contribution in [0, 0.1) is 0 Å². The predicted molar refractivity (Wildman–Crippen MR) is 189 cm³/mol. The second-order valence-corrected chi connectivity index (χ2v) is 12.5. The highest BCUT2D eigenvalue weighted by Gasteiger charge is 2.33. The minimum absolute atomic E-state index is 0.324. The van der Waals surface area contributed by atoms with Gasteiger partial charge in [-0.25, -0.2) is 0 Å². The number of para-hydroxylation sites is 3. The number of rotatable bonds is 3. The summed E-state index contributed by atoms with van der Waals surface area (Å²) in [5.41, 5.74) is 12.1. The van der Waals surface area contributed by atoms with Crippen LogP contribution < -0.4 is 4.90 Å². The Labute approximate surface area is 263 Å². The predicted octanol–water partition coefficient (Wildman–Crippen LogP) is 12.0. The molecule has 1 aliphatic heterocycles. The van der Waals surface area contributed by atoms with Gasteiger partial charge >= 0.3 is 0 Å². The van der Waals surface area contributed by atoms with Gasteiger partial charge < -0.3 is 18.3 Å². The summed E-state index contributed by atoms with van der Waals surface area (Å²) < 4.78 is 15.3. The van der Waals surface area contributed by atoms with Crippen LogP contribution in [0.25, 0.3) is 71.4 Å². The van der Waals surface area contributed by atoms with E-state index in [4.69, 9.17) is 8.83 Å². The minimum Gasteiger partial charge on any atom is -0.456 e. The standard InChI is InChI=1S/C42H26N2O2/c1-5-13-36-28(9-1)34-21-27(22-35-29-10-2-6-14-37(29)44(36)42(34)35)43(25-17-19-32-30-11-3-7-15-38(30)45-40(32)23-25)26-18-20-33-31-12-4-8-16-39(31)46-41(33)24-26/h1-9,11-24,29H,10H2. The van der Waals surface area contributed by atoms with Crippen LogP contribution in [-0.2, 0) is 0 Å². The number of furan rings is 2. The Morgan fingerprint density at radius 3 is 1.85 bits per heavy atom. The fourth-order valence-electron chi connectivity index (χ4n) is 8.07. The van der Waals surface area contributed by atoms with Gasteiger partial charge in [0, 0.05) is 73.1 Å². The number of aromatic nitrogens is 1. The van der Waals surface area contributed by atoms with Crippen molar-refractivity contribution in [3.63, 3.8) is 0 Å². The summed E-state index contributed by atoms with van der Waals surface area (Å²) in [5, 5.41) is 7.05. The van der Waals surface area contributed by atoms with Crippen molar-refractivity contribution < 1.29 is 8.83 Å². The monoisotopic (exact) mass is 590 g/mol. The molecular weight excluding hydrogens is 564 g/mol. The maximum Gasteiger partial charge on any atom is 0.137 e. The molecule has 0 saturated heterocycles. The molecule has 1 atom stereocenters. The fourth-order valence-corrected chi connectivity index (χ4v) is 8.07. The van der Waals surface area contributed by atoms with Crippen LogP contribution in [-0.4, -0.2) is 4.57 Å². The second-order valence-electron chi connectivity index (χ2n) is 12.5. The summed E-state index contributed by atoms with van der Waals surface area (Å²) in [6.45, 7) is 0. The van der Waals surface area contributed by atoms with Gasteiger partial charge in [-0.15, -0.1) is 0 Å². The van der Waals surface area contributed by atoms with Crippen LogP contribution in [0.15, 0.2) is 148 Å². The average molecular weight is 591 g/mol. The summed E-state index contributed by atoms with van der Waals surface area (Å²) in [5.74, 6) is 0.324. The molecule has 216 valence electrons. The normalized spacial score (nSPS) is 15.6. The van der Waals surface area contributed by atoms with Gasteiger partial charge in [0.25, 0.3) is 0 Å². The minimum atomic E-state index is 0.324. The molecule has 4 heteroatoms. The first kappa shape index (κ1) is 24.3. The molecule has 1 aliphatic carbocycles. The van der Waals surface area contributed by atoms with E-state index < -0.39 is 0 Å². The molecule has 4 heterocycles. The van der Waals surface area contributed by atoms with Crippen LogP contribution in [0.2, 0.25) is 0 Å². The molecular formula is C42H26N2O2. The summed E-state index contributed by atoms with van der Waals surface area (Å²) in [7, 11) is 0. The zero-order valence-electron chi connectivity index (χ0n) is 24.8. The van der Waals surface area contributed by atoms with Crippen LogP contribution in [0.4, 0.5) is 17.1 Å². The van der Waals surface area contributed by atoms with Gasteiger partial charge in [-0.05, 0) is 72.7 Å². The Bertz CT molecular complexity index is 2690. The molecule has 6 aromatic carbocycles. The van der Waals surface area contributed by atoms with Gasteiger partial charge in [-0.1, -0.05) is 66.7 Å². The molecule has 4 nitrogen and oxygen atoms in total. The molecule has 0 N–H and O–H groups in total. The van der Waals surface area contributed by atoms with Crippen molar-refractivity contribution in [3.8, 4) is 0 Å². The van der Waals surface area contributed by atoms with Crippen molar-refractivity contribution in [2.45, 2.75) is 12.3 Å². The highest BCUT2D eigenvalue weighted by Crippen LogP contribution is 2.52. The van der Waals surface area contributed by atoms with Gasteiger partial charge in [0.05, 0.1) is 11.0 Å². The molecule has 0 spiro atoms. The first-order valence-electron chi connectivity index (χ1n) is 15.9. The maximum absolute atomic E-state index is 6.40. The Kier molecular flexibility index (Phi) is 4.66. The lowest BCUT2D eigenvalue weighted by Gasteiger charge is -2.26. The first-order chi connectivity index (χ1) is 22.8. The maximum atomic E-state index is 6.40. The van der Waals surface area contributed by atoms with Gasteiger partial charge in [0.2, 0.25) is 0 Å². The molecule has 0 fully saturated rings. The van der Waals surface area contributed by atoms with E-state index in [1.54, 1.807) is 0 Å². The quantitative estimate of drug-likeness (QED) is 0.205. The third kappa shape index (κ3) is 3.18. The van der Waals surface area contributed by atoms with E-state index in [9.17, 15) is 0 Å². The number of benzene rings is 6. The van der Waals surface area contributed by atoms with Crippen LogP contribution >= 0.6 is 0 Å². The van der Waals surface area contributed by atoms with Crippen molar-refractivity contribution in [2.24, 2.45) is 0 Å². The lowest BCUT2D eigenvalue weighted by Crippen LogP contribution is -2.10. The Morgan fingerprint density at radius 1 is 0.543 bits per heavy atom. The largest absolute Gasteiger partial charge is 0.456 e. The molecule has 3 aromatic heterocycles. The lowest BCUT2D eigenvalue weighted by atomic mass is 9.90. The number of hydrogen-bond donors (Lipinski definition) is 0. The van der Waals surface area contributed by atoms with Crippen molar-refractivity contribution in [1.29, 1.82) is 0 Å². The molecule has 0 radical (unpaired) electrons. The van der Waals surface area contributed by atoms with Crippen LogP contribution in [0.3, 0.4) is 0 Å². The smallest absolute Gasteiger partial charge is 0.137 e. The fraction of sp³-hybridized carbons (Fsp3) is 0.0476. The molecule has 9 aromatic rings. The van der Waals surface area contributed by atoms with E-state index in [2.05, 4.69) is 125 Å². The van der Waals surface area contributed by atoms with Gasteiger partial charge in [0.15, 0.2) is 0 Å². The zero-order chi connectivity index (χ0) is 29.9. The summed E-state index contributed by atoms with van der Waals surface area (Å²) >= 11 is 0. The van der Waals surface area contributed by atoms with E-state index in [0.29, 0.717) is 5.92 Å². The number of fused-ring (bicyclic) bond motifs is 12. The summed E-state index contributed by atoms with van der Waals surface area (Å²) in [4.78, 5) is 2.36. The van der Waals surface area contributed by atoms with Gasteiger partial charge in [-0.3, -0.25) is 0 Å². The number of allylic oxidation sites excluding steroid dienone is 4. The Hall–Kier alpha value is -6.00. The number of anilines is 3. The van der Waals surface area contributed by atoms with E-state index >= 15 is 0 Å². The van der Waals surface area contributed by atoms with Crippen molar-refractivity contribution >= 4 is 88.4 Å². The lowest BCUT2D eigenvalue weighted by molar-refractivity contribution is 0.669. The molecule has 1 unspecified atom stereocenters. The number of hydrogen-bond acceptors (Lipinski definition) is 3. The number of nitrogens with zero attached hydrogens (tertiary/aromatic N) is 2. The molecule has 2 aliphatic rings. The highest BCUT2D eigenvalue weighted by atomic mass is 16.3. The molecule has 46 heavy (non-hydrogen) atoms. The van der Waals surface area contributed by atoms with Crippen molar-refractivity contribution in [2.75, 3.05) is 4.90 Å².